The van der Waals surface area contributed by atoms with Crippen LogP contribution in [-0.2, 0) is 0 Å². The van der Waals surface area contributed by atoms with Crippen LogP contribution in [0.4, 0.5) is 4.39 Å². The molecule has 1 saturated heterocycles. The van der Waals surface area contributed by atoms with Crippen molar-refractivity contribution in [2.45, 2.75) is 18.9 Å². The average Bonchev–Trinajstić information content (AvgIpc) is 3.35. The molecule has 3 heterocycles. The number of hydrogen-bond donors (Lipinski definition) is 1. The van der Waals surface area contributed by atoms with Gasteiger partial charge in [-0.2, -0.15) is 0 Å². The van der Waals surface area contributed by atoms with Gasteiger partial charge in [0.25, 0.3) is 5.91 Å². The molecular weight excluding hydrogens is 413 g/mol. The fourth-order valence-corrected chi connectivity index (χ4v) is 3.72. The van der Waals surface area contributed by atoms with E-state index < -0.39 is 0 Å². The maximum atomic E-state index is 13.2. The molecule has 4 rings (SSSR count). The van der Waals surface area contributed by atoms with Crippen LogP contribution in [0.3, 0.4) is 0 Å². The molecule has 1 aliphatic heterocycles. The quantitative estimate of drug-likeness (QED) is 0.628. The van der Waals surface area contributed by atoms with Gasteiger partial charge in [0.2, 0.25) is 5.88 Å². The van der Waals surface area contributed by atoms with Crippen molar-refractivity contribution in [2.24, 2.45) is 0 Å². The molecule has 1 atom stereocenters. The number of benzene rings is 1. The van der Waals surface area contributed by atoms with Crippen LogP contribution in [-0.4, -0.2) is 27.3 Å². The Morgan fingerprint density at radius 2 is 2.19 bits per heavy atom. The normalized spacial score (nSPS) is 16.5. The number of rotatable bonds is 4. The zero-order chi connectivity index (χ0) is 18.8. The zero-order valence-corrected chi connectivity index (χ0v) is 15.9. The number of likely N-dealkylation sites (tertiary alicyclic amines) is 1. The van der Waals surface area contributed by atoms with Crippen molar-refractivity contribution in [3.63, 3.8) is 0 Å². The minimum Gasteiger partial charge on any atom is -0.438 e. The molecule has 3 aromatic rings. The lowest BCUT2D eigenvalue weighted by Crippen LogP contribution is -2.30. The molecule has 138 valence electrons. The van der Waals surface area contributed by atoms with Crippen molar-refractivity contribution in [1.29, 1.82) is 0 Å². The summed E-state index contributed by atoms with van der Waals surface area (Å²) in [4.78, 5) is 22.2. The van der Waals surface area contributed by atoms with E-state index in [0.717, 1.165) is 25.1 Å². The molecule has 0 bridgehead atoms. The summed E-state index contributed by atoms with van der Waals surface area (Å²) in [5.74, 6) is 0.384. The van der Waals surface area contributed by atoms with Gasteiger partial charge < -0.3 is 14.6 Å². The van der Waals surface area contributed by atoms with E-state index in [1.54, 1.807) is 12.1 Å². The zero-order valence-electron chi connectivity index (χ0n) is 14.4. The fraction of sp³-hybridized carbons (Fsp3) is 0.200. The monoisotopic (exact) mass is 429 g/mol. The second-order valence-corrected chi connectivity index (χ2v) is 7.20. The average molecular weight is 430 g/mol. The van der Waals surface area contributed by atoms with Crippen LogP contribution in [0.2, 0.25) is 0 Å². The number of aromatic amines is 1. The summed E-state index contributed by atoms with van der Waals surface area (Å²) in [7, 11) is 0. The second kappa shape index (κ2) is 7.52. The lowest BCUT2D eigenvalue weighted by Gasteiger charge is -2.24. The Morgan fingerprint density at radius 3 is 2.89 bits per heavy atom. The molecule has 0 radical (unpaired) electrons. The van der Waals surface area contributed by atoms with Gasteiger partial charge in [0.15, 0.2) is 0 Å². The number of aromatic nitrogens is 2. The van der Waals surface area contributed by atoms with Crippen molar-refractivity contribution in [2.75, 3.05) is 6.54 Å². The van der Waals surface area contributed by atoms with Crippen LogP contribution in [0, 0.1) is 5.82 Å². The predicted molar refractivity (Wildman–Crippen MR) is 102 cm³/mol. The first-order valence-electron chi connectivity index (χ1n) is 8.65. The van der Waals surface area contributed by atoms with E-state index in [4.69, 9.17) is 4.74 Å². The van der Waals surface area contributed by atoms with Gasteiger partial charge >= 0.3 is 0 Å². The number of H-pyrrole nitrogens is 1. The Labute approximate surface area is 164 Å². The van der Waals surface area contributed by atoms with Crippen LogP contribution in [0.15, 0.2) is 59.3 Å². The predicted octanol–water partition coefficient (Wildman–Crippen LogP) is 5.08. The molecule has 1 aliphatic rings. The van der Waals surface area contributed by atoms with Crippen LogP contribution < -0.4 is 4.74 Å². The third-order valence-corrected chi connectivity index (χ3v) is 5.21. The first-order valence-corrected chi connectivity index (χ1v) is 9.44. The lowest BCUT2D eigenvalue weighted by atomic mass is 10.1. The standard InChI is InChI=1S/C20H17BrFN3O2/c21-15-11-14(22)6-7-18(15)27-19-8-5-13(12-24-19)20(26)25-10-2-4-17(25)16-3-1-9-23-16/h1,3,5-9,11-12,17,23H,2,4,10H2/t17-/m0/s1. The summed E-state index contributed by atoms with van der Waals surface area (Å²) in [6.07, 6.45) is 5.30. The van der Waals surface area contributed by atoms with Crippen molar-refractivity contribution >= 4 is 21.8 Å². The number of amides is 1. The second-order valence-electron chi connectivity index (χ2n) is 6.34. The van der Waals surface area contributed by atoms with Crippen molar-refractivity contribution in [3.8, 4) is 11.6 Å². The molecule has 1 aromatic carbocycles. The largest absolute Gasteiger partial charge is 0.438 e. The molecule has 0 spiro atoms. The minimum absolute atomic E-state index is 0.0471. The van der Waals surface area contributed by atoms with E-state index in [2.05, 4.69) is 25.9 Å². The molecule has 27 heavy (non-hydrogen) atoms. The molecule has 1 N–H and O–H groups in total. The number of ether oxygens (including phenoxy) is 1. The Balaban J connectivity index is 1.49. The highest BCUT2D eigenvalue weighted by Crippen LogP contribution is 2.33. The molecule has 5 nitrogen and oxygen atoms in total. The summed E-state index contributed by atoms with van der Waals surface area (Å²) in [5.41, 5.74) is 1.56. The van der Waals surface area contributed by atoms with E-state index in [0.29, 0.717) is 21.7 Å². The third kappa shape index (κ3) is 3.73. The number of carbonyl (C=O) groups is 1. The molecule has 0 aliphatic carbocycles. The fourth-order valence-electron chi connectivity index (χ4n) is 3.29. The van der Waals surface area contributed by atoms with Crippen molar-refractivity contribution < 1.29 is 13.9 Å². The highest BCUT2D eigenvalue weighted by Gasteiger charge is 2.31. The number of hydrogen-bond acceptors (Lipinski definition) is 3. The number of halogens is 2. The van der Waals surface area contributed by atoms with Gasteiger partial charge in [-0.25, -0.2) is 9.37 Å². The summed E-state index contributed by atoms with van der Waals surface area (Å²) < 4.78 is 19.3. The molecule has 0 unspecified atom stereocenters. The molecule has 7 heteroatoms. The van der Waals surface area contributed by atoms with E-state index in [1.165, 1.54) is 24.4 Å². The van der Waals surface area contributed by atoms with Gasteiger partial charge in [-0.3, -0.25) is 4.79 Å². The maximum absolute atomic E-state index is 13.2. The van der Waals surface area contributed by atoms with Gasteiger partial charge in [0.05, 0.1) is 16.1 Å². The number of nitrogens with zero attached hydrogens (tertiary/aromatic N) is 2. The van der Waals surface area contributed by atoms with E-state index >= 15 is 0 Å². The maximum Gasteiger partial charge on any atom is 0.255 e. The van der Waals surface area contributed by atoms with E-state index in [-0.39, 0.29) is 17.8 Å². The molecular formula is C20H17BrFN3O2. The van der Waals surface area contributed by atoms with Gasteiger partial charge in [-0.1, -0.05) is 0 Å². The molecule has 0 saturated carbocycles. The summed E-state index contributed by atoms with van der Waals surface area (Å²) >= 11 is 3.26. The topological polar surface area (TPSA) is 58.2 Å². The lowest BCUT2D eigenvalue weighted by molar-refractivity contribution is 0.0733. The van der Waals surface area contributed by atoms with Crippen molar-refractivity contribution in [3.05, 3.63) is 76.4 Å². The van der Waals surface area contributed by atoms with Crippen LogP contribution in [0.5, 0.6) is 11.6 Å². The van der Waals surface area contributed by atoms with Gasteiger partial charge in [-0.05, 0) is 65.2 Å². The smallest absolute Gasteiger partial charge is 0.255 e. The third-order valence-electron chi connectivity index (χ3n) is 4.59. The van der Waals surface area contributed by atoms with Gasteiger partial charge in [-0.15, -0.1) is 0 Å². The highest BCUT2D eigenvalue weighted by atomic mass is 79.9. The molecule has 2 aromatic heterocycles. The molecule has 1 amide bonds. The number of nitrogens with one attached hydrogen (secondary N) is 1. The Morgan fingerprint density at radius 1 is 1.30 bits per heavy atom. The SMILES string of the molecule is O=C(c1ccc(Oc2ccc(F)cc2Br)nc1)N1CCC[C@H]1c1ccc[nH]1. The van der Waals surface area contributed by atoms with Crippen LogP contribution in [0.25, 0.3) is 0 Å². The highest BCUT2D eigenvalue weighted by molar-refractivity contribution is 9.10. The van der Waals surface area contributed by atoms with Gasteiger partial charge in [0, 0.05) is 30.7 Å². The summed E-state index contributed by atoms with van der Waals surface area (Å²) in [6, 6.07) is 11.5. The first kappa shape index (κ1) is 17.7. The first-order chi connectivity index (χ1) is 13.1. The Hall–Kier alpha value is -2.67. The Bertz CT molecular complexity index is 944. The summed E-state index contributed by atoms with van der Waals surface area (Å²) in [5, 5.41) is 0. The van der Waals surface area contributed by atoms with E-state index in [1.807, 2.05) is 23.2 Å². The number of carbonyl (C=O) groups excluding carboxylic acids is 1. The van der Waals surface area contributed by atoms with Gasteiger partial charge in [0.1, 0.15) is 11.6 Å². The minimum atomic E-state index is -0.356. The summed E-state index contributed by atoms with van der Waals surface area (Å²) in [6.45, 7) is 0.725. The van der Waals surface area contributed by atoms with Crippen LogP contribution >= 0.6 is 15.9 Å². The van der Waals surface area contributed by atoms with Crippen LogP contribution in [0.1, 0.15) is 34.9 Å². The van der Waals surface area contributed by atoms with E-state index in [9.17, 15) is 9.18 Å². The molecule has 1 fully saturated rings. The number of pyridine rings is 1. The van der Waals surface area contributed by atoms with Crippen molar-refractivity contribution in [1.82, 2.24) is 14.9 Å². The Kier molecular flexibility index (Phi) is 4.94.